The van der Waals surface area contributed by atoms with Crippen LogP contribution in [0.1, 0.15) is 41.3 Å². The average Bonchev–Trinajstić information content (AvgIpc) is 3.69. The fourth-order valence-electron chi connectivity index (χ4n) is 5.05. The molecule has 41 heavy (non-hydrogen) atoms. The highest BCUT2D eigenvalue weighted by atomic mass is 32.2. The Morgan fingerprint density at radius 1 is 1.17 bits per heavy atom. The molecule has 2 atom stereocenters. The lowest BCUT2D eigenvalue weighted by atomic mass is 9.99. The van der Waals surface area contributed by atoms with Gasteiger partial charge in [0.2, 0.25) is 10.0 Å². The van der Waals surface area contributed by atoms with Gasteiger partial charge in [0.25, 0.3) is 12.4 Å². The van der Waals surface area contributed by atoms with Crippen LogP contribution in [0.25, 0.3) is 10.9 Å². The van der Waals surface area contributed by atoms with Crippen LogP contribution in [0, 0.1) is 11.6 Å². The van der Waals surface area contributed by atoms with E-state index in [2.05, 4.69) is 10.6 Å². The zero-order valence-electron chi connectivity index (χ0n) is 22.8. The number of aryl methyl sites for hydroxylation is 2. The lowest BCUT2D eigenvalue weighted by molar-refractivity contribution is -0.122. The standard InChI is InChI=1S/C27H32F2N4O4S.CH2O2/c1-3-17-15-33-6-7-38(36,37)32(2)24-12-18(11-22(17)26(24)33)27(35)31-23(25(34)14-30-21-4-5-21)10-16-8-19(28)13-20(29)9-16;2-1-3/h8-9,11-13,15,21,23,25,30,34H,3-7,10,14H2,1-2H3,(H,31,35);1H,(H,2,3)/t23-,25+;/m0./s1. The van der Waals surface area contributed by atoms with Crippen LogP contribution in [0.4, 0.5) is 14.5 Å². The zero-order chi connectivity index (χ0) is 29.9. The van der Waals surface area contributed by atoms with Crippen LogP contribution in [0.3, 0.4) is 0 Å². The summed E-state index contributed by atoms with van der Waals surface area (Å²) in [6.07, 6.45) is 3.64. The van der Waals surface area contributed by atoms with Crippen molar-refractivity contribution in [3.63, 3.8) is 0 Å². The highest BCUT2D eigenvalue weighted by Gasteiger charge is 2.30. The maximum atomic E-state index is 13.9. The minimum absolute atomic E-state index is 0.00784. The molecule has 5 rings (SSSR count). The lowest BCUT2D eigenvalue weighted by Gasteiger charge is -2.25. The van der Waals surface area contributed by atoms with Crippen molar-refractivity contribution in [2.24, 2.45) is 0 Å². The number of amides is 1. The van der Waals surface area contributed by atoms with Gasteiger partial charge in [-0.3, -0.25) is 13.9 Å². The number of rotatable bonds is 9. The number of nitrogens with zero attached hydrogens (tertiary/aromatic N) is 2. The summed E-state index contributed by atoms with van der Waals surface area (Å²) in [5.74, 6) is -2.05. The Morgan fingerprint density at radius 3 is 2.44 bits per heavy atom. The first kappa shape index (κ1) is 30.4. The van der Waals surface area contributed by atoms with Crippen LogP contribution in [-0.4, -0.2) is 73.1 Å². The van der Waals surface area contributed by atoms with Crippen molar-refractivity contribution in [2.45, 2.75) is 57.3 Å². The fourth-order valence-corrected chi connectivity index (χ4v) is 6.19. The fraction of sp³-hybridized carbons (Fsp3) is 0.429. The SMILES string of the molecule is CCc1cn2c3c(cc(C(=O)N[C@@H](Cc4cc(F)cc(F)c4)[C@H](O)CNC4CC4)cc13)N(C)S(=O)(=O)CC2.O=CO. The number of benzene rings is 2. The number of aromatic nitrogens is 1. The van der Waals surface area contributed by atoms with Crippen LogP contribution in [0.15, 0.2) is 36.5 Å². The van der Waals surface area contributed by atoms with Gasteiger partial charge in [-0.05, 0) is 61.1 Å². The quantitative estimate of drug-likeness (QED) is 0.280. The largest absolute Gasteiger partial charge is 0.483 e. The van der Waals surface area contributed by atoms with Gasteiger partial charge in [0.05, 0.1) is 29.1 Å². The summed E-state index contributed by atoms with van der Waals surface area (Å²) in [5, 5.41) is 24.7. The predicted octanol–water partition coefficient (Wildman–Crippen LogP) is 2.42. The first-order chi connectivity index (χ1) is 19.5. The van der Waals surface area contributed by atoms with E-state index in [1.54, 1.807) is 12.1 Å². The normalized spacial score (nSPS) is 17.2. The minimum atomic E-state index is -3.58. The van der Waals surface area contributed by atoms with Gasteiger partial charge in [-0.15, -0.1) is 0 Å². The van der Waals surface area contributed by atoms with Crippen molar-refractivity contribution in [1.82, 2.24) is 15.2 Å². The van der Waals surface area contributed by atoms with E-state index in [-0.39, 0.29) is 30.8 Å². The number of halogens is 2. The van der Waals surface area contributed by atoms with Gasteiger partial charge in [0.1, 0.15) is 11.6 Å². The van der Waals surface area contributed by atoms with E-state index in [0.717, 1.165) is 35.4 Å². The van der Waals surface area contributed by atoms with Crippen LogP contribution in [0.5, 0.6) is 0 Å². The molecule has 1 amide bonds. The highest BCUT2D eigenvalue weighted by Crippen LogP contribution is 2.35. The molecule has 2 aromatic carbocycles. The van der Waals surface area contributed by atoms with E-state index in [4.69, 9.17) is 9.90 Å². The molecule has 0 unspecified atom stereocenters. The number of aliphatic hydroxyl groups excluding tert-OH is 1. The smallest absolute Gasteiger partial charge is 0.290 e. The second-order valence-corrected chi connectivity index (χ2v) is 12.4. The zero-order valence-corrected chi connectivity index (χ0v) is 23.6. The molecule has 1 aromatic heterocycles. The van der Waals surface area contributed by atoms with E-state index in [1.807, 2.05) is 17.7 Å². The molecular weight excluding hydrogens is 558 g/mol. The van der Waals surface area contributed by atoms with Gasteiger partial charge in [0, 0.05) is 49.4 Å². The summed E-state index contributed by atoms with van der Waals surface area (Å²) in [5.41, 5.74) is 2.69. The maximum Gasteiger partial charge on any atom is 0.290 e. The molecule has 2 heterocycles. The third-order valence-electron chi connectivity index (χ3n) is 7.38. The first-order valence-electron chi connectivity index (χ1n) is 13.3. The monoisotopic (exact) mass is 592 g/mol. The first-order valence-corrected chi connectivity index (χ1v) is 15.0. The van der Waals surface area contributed by atoms with Gasteiger partial charge >= 0.3 is 0 Å². The highest BCUT2D eigenvalue weighted by molar-refractivity contribution is 7.92. The lowest BCUT2D eigenvalue weighted by Crippen LogP contribution is -2.49. The predicted molar refractivity (Wildman–Crippen MR) is 151 cm³/mol. The summed E-state index contributed by atoms with van der Waals surface area (Å²) in [6, 6.07) is 5.89. The summed E-state index contributed by atoms with van der Waals surface area (Å²) >= 11 is 0. The molecular formula is C28H34F2N4O6S. The van der Waals surface area contributed by atoms with Crippen LogP contribution in [0.2, 0.25) is 0 Å². The van der Waals surface area contributed by atoms with E-state index in [9.17, 15) is 27.1 Å². The molecule has 10 nitrogen and oxygen atoms in total. The molecule has 0 bridgehead atoms. The van der Waals surface area contributed by atoms with Gasteiger partial charge in [0.15, 0.2) is 0 Å². The van der Waals surface area contributed by atoms with Crippen LogP contribution >= 0.6 is 0 Å². The maximum absolute atomic E-state index is 13.9. The second-order valence-electron chi connectivity index (χ2n) is 10.3. The number of sulfonamides is 1. The van der Waals surface area contributed by atoms with Crippen molar-refractivity contribution in [1.29, 1.82) is 0 Å². The number of anilines is 1. The second kappa shape index (κ2) is 12.5. The van der Waals surface area contributed by atoms with E-state index in [0.29, 0.717) is 30.3 Å². The molecule has 4 N–H and O–H groups in total. The van der Waals surface area contributed by atoms with Crippen LogP contribution in [-0.2, 0) is 34.2 Å². The molecule has 222 valence electrons. The Balaban J connectivity index is 0.00000124. The number of aliphatic hydroxyl groups is 1. The van der Waals surface area contributed by atoms with Crippen molar-refractivity contribution < 1.29 is 37.0 Å². The molecule has 1 aliphatic carbocycles. The Hall–Kier alpha value is -3.55. The van der Waals surface area contributed by atoms with Crippen molar-refractivity contribution in [2.75, 3.05) is 23.7 Å². The van der Waals surface area contributed by atoms with E-state index in [1.165, 1.54) is 23.5 Å². The van der Waals surface area contributed by atoms with Gasteiger partial charge in [-0.25, -0.2) is 17.2 Å². The Labute approximate surface area is 237 Å². The third-order valence-corrected chi connectivity index (χ3v) is 9.11. The van der Waals surface area contributed by atoms with Gasteiger partial charge in [-0.1, -0.05) is 6.92 Å². The molecule has 2 aliphatic rings. The summed E-state index contributed by atoms with van der Waals surface area (Å²) < 4.78 is 56.5. The molecule has 0 radical (unpaired) electrons. The van der Waals surface area contributed by atoms with Crippen molar-refractivity contribution in [3.05, 3.63) is 64.9 Å². The van der Waals surface area contributed by atoms with Crippen molar-refractivity contribution >= 4 is 39.0 Å². The summed E-state index contributed by atoms with van der Waals surface area (Å²) in [7, 11) is -2.10. The number of hydrogen-bond acceptors (Lipinski definition) is 6. The molecule has 1 fully saturated rings. The minimum Gasteiger partial charge on any atom is -0.483 e. The summed E-state index contributed by atoms with van der Waals surface area (Å²) in [6.45, 7) is 2.27. The molecule has 13 heteroatoms. The van der Waals surface area contributed by atoms with E-state index < -0.39 is 39.7 Å². The molecule has 0 spiro atoms. The number of nitrogens with one attached hydrogen (secondary N) is 2. The Bertz CT molecular complexity index is 1520. The number of carbonyl (C=O) groups excluding carboxylic acids is 1. The topological polar surface area (TPSA) is 141 Å². The molecule has 1 aliphatic heterocycles. The third kappa shape index (κ3) is 7.03. The Morgan fingerprint density at radius 2 is 1.83 bits per heavy atom. The van der Waals surface area contributed by atoms with E-state index >= 15 is 0 Å². The summed E-state index contributed by atoms with van der Waals surface area (Å²) in [4.78, 5) is 21.9. The molecule has 1 saturated carbocycles. The van der Waals surface area contributed by atoms with Crippen LogP contribution < -0.4 is 14.9 Å². The molecule has 3 aromatic rings. The number of carbonyl (C=O) groups is 2. The number of carboxylic acid groups (broad SMARTS) is 1. The number of hydrogen-bond donors (Lipinski definition) is 4. The average molecular weight is 593 g/mol. The Kier molecular flexibility index (Phi) is 9.30. The van der Waals surface area contributed by atoms with Gasteiger partial charge in [-0.2, -0.15) is 0 Å². The van der Waals surface area contributed by atoms with Gasteiger partial charge < -0.3 is 25.4 Å². The molecule has 0 saturated heterocycles. The van der Waals surface area contributed by atoms with Crippen molar-refractivity contribution in [3.8, 4) is 0 Å².